The van der Waals surface area contributed by atoms with E-state index >= 15 is 0 Å². The Morgan fingerprint density at radius 3 is 2.74 bits per heavy atom. The molecule has 2 unspecified atom stereocenters. The van der Waals surface area contributed by atoms with Gasteiger partial charge in [0.25, 0.3) is 0 Å². The first-order chi connectivity index (χ1) is 8.94. The first-order valence-corrected chi connectivity index (χ1v) is 6.81. The minimum Gasteiger partial charge on any atom is -0.489 e. The number of hydrogen-bond acceptors (Lipinski definition) is 4. The lowest BCUT2D eigenvalue weighted by atomic mass is 10.0. The molecule has 0 aliphatic rings. The highest BCUT2D eigenvalue weighted by molar-refractivity contribution is 6.32. The molecule has 0 radical (unpaired) electrons. The summed E-state index contributed by atoms with van der Waals surface area (Å²) in [6.45, 7) is 4.63. The van der Waals surface area contributed by atoms with Crippen LogP contribution >= 0.6 is 11.6 Å². The van der Waals surface area contributed by atoms with E-state index in [2.05, 4.69) is 5.32 Å². The molecular formula is C14H22ClNO3. The second kappa shape index (κ2) is 7.70. The van der Waals surface area contributed by atoms with Crippen LogP contribution in [0, 0.1) is 0 Å². The Balaban J connectivity index is 2.25. The number of hydrogen-bond donors (Lipinski definition) is 3. The number of aliphatic hydroxyl groups excluding tert-OH is 1. The van der Waals surface area contributed by atoms with Crippen molar-refractivity contribution in [1.29, 1.82) is 0 Å². The first kappa shape index (κ1) is 16.2. The van der Waals surface area contributed by atoms with E-state index < -0.39 is 11.7 Å². The standard InChI is InChI=1S/C14H22ClNO3/c1-3-14(2,18)10-16-8-11(17)9-19-13-7-5-4-6-12(13)15/h4-7,11,16-18H,3,8-10H2,1-2H3. The van der Waals surface area contributed by atoms with Crippen LogP contribution in [0.25, 0.3) is 0 Å². The van der Waals surface area contributed by atoms with Crippen molar-refractivity contribution in [3.63, 3.8) is 0 Å². The van der Waals surface area contributed by atoms with Crippen LogP contribution in [0.2, 0.25) is 5.02 Å². The molecule has 0 spiro atoms. The SMILES string of the molecule is CCC(C)(O)CNCC(O)COc1ccccc1Cl. The van der Waals surface area contributed by atoms with Crippen molar-refractivity contribution in [1.82, 2.24) is 5.32 Å². The van der Waals surface area contributed by atoms with Crippen LogP contribution in [0.3, 0.4) is 0 Å². The molecular weight excluding hydrogens is 266 g/mol. The molecule has 2 atom stereocenters. The summed E-state index contributed by atoms with van der Waals surface area (Å²) in [4.78, 5) is 0. The Morgan fingerprint density at radius 2 is 2.11 bits per heavy atom. The van der Waals surface area contributed by atoms with E-state index in [0.29, 0.717) is 30.3 Å². The number of benzene rings is 1. The molecule has 3 N–H and O–H groups in total. The molecule has 0 amide bonds. The maximum absolute atomic E-state index is 9.79. The molecule has 0 bridgehead atoms. The Hall–Kier alpha value is -0.810. The molecule has 0 heterocycles. The average Bonchev–Trinajstić information content (AvgIpc) is 2.37. The maximum Gasteiger partial charge on any atom is 0.138 e. The molecule has 4 nitrogen and oxygen atoms in total. The summed E-state index contributed by atoms with van der Waals surface area (Å²) in [5, 5.41) is 23.1. The van der Waals surface area contributed by atoms with Gasteiger partial charge in [0.05, 0.1) is 10.6 Å². The van der Waals surface area contributed by atoms with E-state index in [1.54, 1.807) is 19.1 Å². The van der Waals surface area contributed by atoms with E-state index in [4.69, 9.17) is 16.3 Å². The number of ether oxygens (including phenoxy) is 1. The normalized spacial score (nSPS) is 15.8. The zero-order valence-corrected chi connectivity index (χ0v) is 12.2. The Bertz CT molecular complexity index is 385. The molecule has 0 aromatic heterocycles. The lowest BCUT2D eigenvalue weighted by Gasteiger charge is -2.22. The van der Waals surface area contributed by atoms with Crippen molar-refractivity contribution in [2.75, 3.05) is 19.7 Å². The molecule has 19 heavy (non-hydrogen) atoms. The van der Waals surface area contributed by atoms with E-state index in [9.17, 15) is 10.2 Å². The van der Waals surface area contributed by atoms with Crippen molar-refractivity contribution in [3.05, 3.63) is 29.3 Å². The summed E-state index contributed by atoms with van der Waals surface area (Å²) >= 11 is 5.94. The summed E-state index contributed by atoms with van der Waals surface area (Å²) in [6.07, 6.45) is 0.00981. The quantitative estimate of drug-likeness (QED) is 0.683. The lowest BCUT2D eigenvalue weighted by molar-refractivity contribution is 0.0476. The van der Waals surface area contributed by atoms with Gasteiger partial charge in [-0.05, 0) is 25.5 Å². The molecule has 0 fully saturated rings. The van der Waals surface area contributed by atoms with Crippen molar-refractivity contribution in [2.24, 2.45) is 0 Å². The van der Waals surface area contributed by atoms with Crippen LogP contribution in [0.5, 0.6) is 5.75 Å². The van der Waals surface area contributed by atoms with Gasteiger partial charge in [0.2, 0.25) is 0 Å². The minimum atomic E-state index is -0.747. The fourth-order valence-corrected chi connectivity index (χ4v) is 1.63. The highest BCUT2D eigenvalue weighted by atomic mass is 35.5. The topological polar surface area (TPSA) is 61.7 Å². The van der Waals surface area contributed by atoms with Crippen molar-refractivity contribution >= 4 is 11.6 Å². The second-order valence-electron chi connectivity index (χ2n) is 4.88. The van der Waals surface area contributed by atoms with E-state index in [-0.39, 0.29) is 6.61 Å². The Morgan fingerprint density at radius 1 is 1.42 bits per heavy atom. The van der Waals surface area contributed by atoms with Gasteiger partial charge in [0, 0.05) is 13.1 Å². The molecule has 1 aromatic carbocycles. The number of halogens is 1. The maximum atomic E-state index is 9.79. The Kier molecular flexibility index (Phi) is 6.58. The summed E-state index contributed by atoms with van der Waals surface area (Å²) in [7, 11) is 0. The van der Waals surface area contributed by atoms with Gasteiger partial charge in [-0.2, -0.15) is 0 Å². The van der Waals surface area contributed by atoms with Gasteiger partial charge in [-0.3, -0.25) is 0 Å². The van der Waals surface area contributed by atoms with Crippen LogP contribution in [0.1, 0.15) is 20.3 Å². The van der Waals surface area contributed by atoms with Crippen LogP contribution in [0.4, 0.5) is 0 Å². The van der Waals surface area contributed by atoms with Gasteiger partial charge in [-0.25, -0.2) is 0 Å². The van der Waals surface area contributed by atoms with E-state index in [1.165, 1.54) is 0 Å². The molecule has 0 aliphatic carbocycles. The minimum absolute atomic E-state index is 0.158. The van der Waals surface area contributed by atoms with Gasteiger partial charge in [-0.1, -0.05) is 30.7 Å². The molecule has 1 rings (SSSR count). The van der Waals surface area contributed by atoms with Gasteiger partial charge in [-0.15, -0.1) is 0 Å². The molecule has 108 valence electrons. The zero-order chi connectivity index (χ0) is 14.3. The number of nitrogens with one attached hydrogen (secondary N) is 1. The average molecular weight is 288 g/mol. The van der Waals surface area contributed by atoms with Gasteiger partial charge in [0.1, 0.15) is 18.5 Å². The highest BCUT2D eigenvalue weighted by Gasteiger charge is 2.17. The molecule has 0 saturated heterocycles. The molecule has 5 heteroatoms. The van der Waals surface area contributed by atoms with Gasteiger partial charge in [0.15, 0.2) is 0 Å². The summed E-state index contributed by atoms with van der Waals surface area (Å²) < 4.78 is 5.42. The third kappa shape index (κ3) is 6.25. The van der Waals surface area contributed by atoms with Gasteiger partial charge >= 0.3 is 0 Å². The van der Waals surface area contributed by atoms with Crippen LogP contribution < -0.4 is 10.1 Å². The predicted molar refractivity (Wildman–Crippen MR) is 76.7 cm³/mol. The van der Waals surface area contributed by atoms with Crippen molar-refractivity contribution in [2.45, 2.75) is 32.0 Å². The summed E-state index contributed by atoms with van der Waals surface area (Å²) in [5.74, 6) is 0.559. The van der Waals surface area contributed by atoms with E-state index in [0.717, 1.165) is 0 Å². The third-order valence-corrected chi connectivity index (χ3v) is 3.23. The van der Waals surface area contributed by atoms with Crippen molar-refractivity contribution < 1.29 is 14.9 Å². The number of para-hydroxylation sites is 1. The first-order valence-electron chi connectivity index (χ1n) is 6.43. The van der Waals surface area contributed by atoms with Crippen LogP contribution in [0.15, 0.2) is 24.3 Å². The van der Waals surface area contributed by atoms with Crippen LogP contribution in [-0.4, -0.2) is 41.6 Å². The summed E-state index contributed by atoms with van der Waals surface area (Å²) in [5.41, 5.74) is -0.747. The highest BCUT2D eigenvalue weighted by Crippen LogP contribution is 2.23. The fraction of sp³-hybridized carbons (Fsp3) is 0.571. The largest absolute Gasteiger partial charge is 0.489 e. The number of aliphatic hydroxyl groups is 2. The zero-order valence-electron chi connectivity index (χ0n) is 11.4. The monoisotopic (exact) mass is 287 g/mol. The lowest BCUT2D eigenvalue weighted by Crippen LogP contribution is -2.41. The predicted octanol–water partition coefficient (Wildman–Crippen LogP) is 1.83. The molecule has 0 aliphatic heterocycles. The second-order valence-corrected chi connectivity index (χ2v) is 5.28. The fourth-order valence-electron chi connectivity index (χ4n) is 1.44. The smallest absolute Gasteiger partial charge is 0.138 e. The van der Waals surface area contributed by atoms with E-state index in [1.807, 2.05) is 19.1 Å². The van der Waals surface area contributed by atoms with Gasteiger partial charge < -0.3 is 20.3 Å². The third-order valence-electron chi connectivity index (χ3n) is 2.92. The Labute approximate surface area is 119 Å². The summed E-state index contributed by atoms with van der Waals surface area (Å²) in [6, 6.07) is 7.13. The molecule has 1 aromatic rings. The number of rotatable bonds is 8. The molecule has 0 saturated carbocycles. The van der Waals surface area contributed by atoms with Crippen molar-refractivity contribution in [3.8, 4) is 5.75 Å². The van der Waals surface area contributed by atoms with Crippen LogP contribution in [-0.2, 0) is 0 Å².